The van der Waals surface area contributed by atoms with Gasteiger partial charge in [-0.3, -0.25) is 0 Å². The number of hydrogen-bond donors (Lipinski definition) is 3. The van der Waals surface area contributed by atoms with E-state index in [9.17, 15) is 15.0 Å². The first kappa shape index (κ1) is 13.8. The first-order valence-corrected chi connectivity index (χ1v) is 6.42. The lowest BCUT2D eigenvalue weighted by Gasteiger charge is -2.31. The molecule has 19 heavy (non-hydrogen) atoms. The molecule has 1 aromatic rings. The van der Waals surface area contributed by atoms with E-state index in [1.165, 1.54) is 6.07 Å². The Morgan fingerprint density at radius 3 is 2.63 bits per heavy atom. The number of carboxylic acids is 1. The lowest BCUT2D eigenvalue weighted by molar-refractivity contribution is 0.00419. The Balaban J connectivity index is 2.10. The van der Waals surface area contributed by atoms with Gasteiger partial charge in [0.2, 0.25) is 0 Å². The van der Waals surface area contributed by atoms with E-state index in [0.717, 1.165) is 5.56 Å². The Bertz CT molecular complexity index is 485. The highest BCUT2D eigenvalue weighted by Gasteiger charge is 2.29. The van der Waals surface area contributed by atoms with Crippen LogP contribution in [0.4, 0.5) is 0 Å². The number of aliphatic hydroxyl groups is 2. The minimum absolute atomic E-state index is 0.230. The molecule has 1 aliphatic carbocycles. The molecule has 0 atom stereocenters. The average molecular weight is 262 g/mol. The number of carbonyl (C=O) groups is 1. The zero-order valence-electron chi connectivity index (χ0n) is 10.6. The molecule has 0 radical (unpaired) electrons. The summed E-state index contributed by atoms with van der Waals surface area (Å²) >= 11 is 0. The number of carboxylic acid groups (broad SMARTS) is 1. The van der Waals surface area contributed by atoms with E-state index in [2.05, 4.69) is 0 Å². The van der Waals surface area contributed by atoms with Crippen LogP contribution in [0, 0.1) is 0 Å². The summed E-state index contributed by atoms with van der Waals surface area (Å²) in [7, 11) is 0. The third-order valence-corrected chi connectivity index (χ3v) is 3.54. The summed E-state index contributed by atoms with van der Waals surface area (Å²) < 4.78 is 0. The average Bonchev–Trinajstić information content (AvgIpc) is 2.41. The van der Waals surface area contributed by atoms with Crippen LogP contribution in [0.5, 0.6) is 0 Å². The van der Waals surface area contributed by atoms with Gasteiger partial charge in [0.05, 0.1) is 17.3 Å². The predicted molar refractivity (Wildman–Crippen MR) is 71.9 cm³/mol. The van der Waals surface area contributed by atoms with Crippen molar-refractivity contribution in [3.8, 4) is 0 Å². The second kappa shape index (κ2) is 5.55. The Hall–Kier alpha value is -1.65. The molecule has 2 rings (SSSR count). The normalized spacial score (nSPS) is 27.6. The van der Waals surface area contributed by atoms with Crippen LogP contribution in [-0.2, 0) is 0 Å². The molecule has 0 heterocycles. The minimum atomic E-state index is -0.963. The first-order valence-electron chi connectivity index (χ1n) is 6.42. The fourth-order valence-corrected chi connectivity index (χ4v) is 2.30. The molecule has 4 nitrogen and oxygen atoms in total. The Morgan fingerprint density at radius 1 is 1.32 bits per heavy atom. The molecule has 0 saturated heterocycles. The summed E-state index contributed by atoms with van der Waals surface area (Å²) in [5.41, 5.74) is 0.0889. The quantitative estimate of drug-likeness (QED) is 0.779. The molecule has 102 valence electrons. The first-order chi connectivity index (χ1) is 8.98. The second-order valence-corrected chi connectivity index (χ2v) is 5.10. The molecule has 0 aromatic heterocycles. The van der Waals surface area contributed by atoms with Crippen molar-refractivity contribution in [1.82, 2.24) is 0 Å². The van der Waals surface area contributed by atoms with E-state index in [0.29, 0.717) is 25.7 Å². The van der Waals surface area contributed by atoms with Crippen molar-refractivity contribution in [2.75, 3.05) is 0 Å². The number of rotatable bonds is 3. The van der Waals surface area contributed by atoms with Crippen LogP contribution in [0.25, 0.3) is 6.08 Å². The summed E-state index contributed by atoms with van der Waals surface area (Å²) in [6, 6.07) is 6.58. The number of hydrogen-bond acceptors (Lipinski definition) is 3. The molecule has 0 aliphatic heterocycles. The molecular formula is C15H18O4. The summed E-state index contributed by atoms with van der Waals surface area (Å²) in [5.74, 6) is -0.963. The molecule has 1 saturated carbocycles. The van der Waals surface area contributed by atoms with Crippen molar-refractivity contribution in [2.24, 2.45) is 0 Å². The molecule has 3 N–H and O–H groups in total. The topological polar surface area (TPSA) is 77.8 Å². The zero-order valence-corrected chi connectivity index (χ0v) is 10.6. The molecule has 0 amide bonds. The van der Waals surface area contributed by atoms with Crippen LogP contribution in [-0.4, -0.2) is 33.0 Å². The Morgan fingerprint density at radius 2 is 2.00 bits per heavy atom. The van der Waals surface area contributed by atoms with Crippen molar-refractivity contribution in [1.29, 1.82) is 0 Å². The Kier molecular flexibility index (Phi) is 4.02. The lowest BCUT2D eigenvalue weighted by atomic mass is 9.83. The highest BCUT2D eigenvalue weighted by molar-refractivity contribution is 5.88. The third-order valence-electron chi connectivity index (χ3n) is 3.54. The van der Waals surface area contributed by atoms with Gasteiger partial charge in [-0.25, -0.2) is 4.79 Å². The predicted octanol–water partition coefficient (Wildman–Crippen LogP) is 2.06. The molecule has 0 spiro atoms. The number of aliphatic hydroxyl groups excluding tert-OH is 1. The van der Waals surface area contributed by atoms with Gasteiger partial charge in [0.15, 0.2) is 0 Å². The summed E-state index contributed by atoms with van der Waals surface area (Å²) in [4.78, 5) is 10.9. The smallest absolute Gasteiger partial charge is 0.335 e. The van der Waals surface area contributed by atoms with Gasteiger partial charge in [-0.05, 0) is 43.4 Å². The van der Waals surface area contributed by atoms with Crippen LogP contribution in [0.1, 0.15) is 41.6 Å². The third kappa shape index (κ3) is 3.66. The summed E-state index contributed by atoms with van der Waals surface area (Å²) in [5, 5.41) is 28.6. The zero-order chi connectivity index (χ0) is 13.9. The lowest BCUT2D eigenvalue weighted by Crippen LogP contribution is -2.33. The van der Waals surface area contributed by atoms with Gasteiger partial charge in [0.1, 0.15) is 0 Å². The van der Waals surface area contributed by atoms with E-state index in [4.69, 9.17) is 5.11 Å². The van der Waals surface area contributed by atoms with Gasteiger partial charge < -0.3 is 15.3 Å². The van der Waals surface area contributed by atoms with Crippen LogP contribution in [0.2, 0.25) is 0 Å². The van der Waals surface area contributed by atoms with Gasteiger partial charge >= 0.3 is 5.97 Å². The van der Waals surface area contributed by atoms with Crippen molar-refractivity contribution < 1.29 is 20.1 Å². The number of benzene rings is 1. The van der Waals surface area contributed by atoms with Gasteiger partial charge in [0, 0.05) is 0 Å². The summed E-state index contributed by atoms with van der Waals surface area (Å²) in [6.45, 7) is 0. The van der Waals surface area contributed by atoms with Crippen LogP contribution in [0.3, 0.4) is 0 Å². The van der Waals surface area contributed by atoms with E-state index < -0.39 is 11.6 Å². The minimum Gasteiger partial charge on any atom is -0.478 e. The van der Waals surface area contributed by atoms with Gasteiger partial charge in [-0.1, -0.05) is 24.3 Å². The SMILES string of the molecule is O=C(O)c1cccc(/C=C/C2(O)CCC(O)CC2)c1. The largest absolute Gasteiger partial charge is 0.478 e. The van der Waals surface area contributed by atoms with Gasteiger partial charge in [-0.15, -0.1) is 0 Å². The molecule has 1 aliphatic rings. The van der Waals surface area contributed by atoms with E-state index in [1.807, 2.05) is 0 Å². The van der Waals surface area contributed by atoms with Crippen LogP contribution < -0.4 is 0 Å². The maximum atomic E-state index is 10.9. The van der Waals surface area contributed by atoms with Crippen molar-refractivity contribution in [3.05, 3.63) is 41.5 Å². The van der Waals surface area contributed by atoms with Crippen LogP contribution >= 0.6 is 0 Å². The molecule has 1 aromatic carbocycles. The highest BCUT2D eigenvalue weighted by atomic mass is 16.4. The monoisotopic (exact) mass is 262 g/mol. The second-order valence-electron chi connectivity index (χ2n) is 5.10. The fourth-order valence-electron chi connectivity index (χ4n) is 2.30. The molecular weight excluding hydrogens is 244 g/mol. The molecule has 1 fully saturated rings. The molecule has 0 bridgehead atoms. The summed E-state index contributed by atoms with van der Waals surface area (Å²) in [6.07, 6.45) is 5.38. The van der Waals surface area contributed by atoms with Gasteiger partial charge in [0.25, 0.3) is 0 Å². The maximum Gasteiger partial charge on any atom is 0.335 e. The van der Waals surface area contributed by atoms with E-state index >= 15 is 0 Å². The Labute approximate surface area is 112 Å². The van der Waals surface area contributed by atoms with Gasteiger partial charge in [-0.2, -0.15) is 0 Å². The fraction of sp³-hybridized carbons (Fsp3) is 0.400. The number of aromatic carboxylic acids is 1. The van der Waals surface area contributed by atoms with E-state index in [-0.39, 0.29) is 11.7 Å². The maximum absolute atomic E-state index is 10.9. The van der Waals surface area contributed by atoms with Crippen molar-refractivity contribution in [2.45, 2.75) is 37.4 Å². The standard InChI is InChI=1S/C15H18O4/c16-13-5-8-15(19,9-6-13)7-4-11-2-1-3-12(10-11)14(17)18/h1-4,7,10,13,16,19H,5-6,8-9H2,(H,17,18)/b7-4+. The molecule has 4 heteroatoms. The highest BCUT2D eigenvalue weighted by Crippen LogP contribution is 2.30. The molecule has 0 unspecified atom stereocenters. The van der Waals surface area contributed by atoms with Crippen molar-refractivity contribution in [3.63, 3.8) is 0 Å². The van der Waals surface area contributed by atoms with E-state index in [1.54, 1.807) is 30.4 Å². The van der Waals surface area contributed by atoms with Crippen molar-refractivity contribution >= 4 is 12.0 Å². The van der Waals surface area contributed by atoms with Crippen LogP contribution in [0.15, 0.2) is 30.3 Å².